The molecule has 0 aromatic heterocycles. The Morgan fingerprint density at radius 2 is 2.35 bits per heavy atom. The lowest BCUT2D eigenvalue weighted by molar-refractivity contribution is -0.127. The zero-order valence-electron chi connectivity index (χ0n) is 9.40. The van der Waals surface area contributed by atoms with E-state index in [1.165, 1.54) is 0 Å². The summed E-state index contributed by atoms with van der Waals surface area (Å²) in [5.74, 6) is 0.0745. The highest BCUT2D eigenvalue weighted by Gasteiger charge is 2.29. The van der Waals surface area contributed by atoms with Gasteiger partial charge < -0.3 is 10.2 Å². The van der Waals surface area contributed by atoms with E-state index in [0.717, 1.165) is 13.0 Å². The molecule has 1 amide bonds. The molecule has 2 rings (SSSR count). The van der Waals surface area contributed by atoms with E-state index >= 15 is 0 Å². The normalized spacial score (nSPS) is 19.2. The van der Waals surface area contributed by atoms with Gasteiger partial charge >= 0.3 is 0 Å². The third kappa shape index (κ3) is 2.34. The molecule has 1 atom stereocenters. The molecular formula is C12H12ClN3O. The van der Waals surface area contributed by atoms with Crippen molar-refractivity contribution in [2.75, 3.05) is 18.9 Å². The summed E-state index contributed by atoms with van der Waals surface area (Å²) < 4.78 is 0. The molecule has 0 aliphatic carbocycles. The fourth-order valence-corrected chi connectivity index (χ4v) is 2.08. The van der Waals surface area contributed by atoms with Crippen LogP contribution >= 0.6 is 11.6 Å². The Balaban J connectivity index is 2.15. The molecule has 0 saturated carbocycles. The summed E-state index contributed by atoms with van der Waals surface area (Å²) in [5.41, 5.74) is 1.20. The van der Waals surface area contributed by atoms with E-state index in [0.29, 0.717) is 16.3 Å². The Bertz CT molecular complexity index is 495. The Kier molecular flexibility index (Phi) is 3.21. The minimum atomic E-state index is -0.217. The number of hydrogen-bond acceptors (Lipinski definition) is 3. The molecule has 0 spiro atoms. The second-order valence-electron chi connectivity index (χ2n) is 4.05. The van der Waals surface area contributed by atoms with Crippen LogP contribution in [0.1, 0.15) is 12.0 Å². The first kappa shape index (κ1) is 11.7. The van der Waals surface area contributed by atoms with Gasteiger partial charge in [0.25, 0.3) is 0 Å². The van der Waals surface area contributed by atoms with Crippen molar-refractivity contribution in [3.05, 3.63) is 28.8 Å². The first-order valence-corrected chi connectivity index (χ1v) is 5.71. The summed E-state index contributed by atoms with van der Waals surface area (Å²) in [5, 5.41) is 12.3. The van der Waals surface area contributed by atoms with Crippen molar-refractivity contribution in [2.45, 2.75) is 12.5 Å². The third-order valence-electron chi connectivity index (χ3n) is 2.86. The number of likely N-dealkylation sites (N-methyl/N-ethyl adjacent to an activating group) is 1. The van der Waals surface area contributed by atoms with E-state index in [4.69, 9.17) is 16.9 Å². The number of amides is 1. The maximum atomic E-state index is 11.7. The number of rotatable bonds is 2. The number of benzene rings is 1. The van der Waals surface area contributed by atoms with E-state index in [9.17, 15) is 4.79 Å². The molecule has 1 aliphatic heterocycles. The Morgan fingerprint density at radius 3 is 2.88 bits per heavy atom. The standard InChI is InChI=1S/C12H12ClN3O/c1-16-5-4-11(12(16)17)15-10-3-2-8(7-14)6-9(10)13/h2-3,6,11,15H,4-5H2,1H3. The van der Waals surface area contributed by atoms with Crippen LogP contribution in [-0.4, -0.2) is 30.4 Å². The molecular weight excluding hydrogens is 238 g/mol. The second kappa shape index (κ2) is 4.64. The predicted octanol–water partition coefficient (Wildman–Crippen LogP) is 1.85. The van der Waals surface area contributed by atoms with Gasteiger partial charge in [-0.05, 0) is 24.6 Å². The maximum absolute atomic E-state index is 11.7. The molecule has 5 heteroatoms. The largest absolute Gasteiger partial charge is 0.372 e. The van der Waals surface area contributed by atoms with Gasteiger partial charge in [0.2, 0.25) is 5.91 Å². The van der Waals surface area contributed by atoms with Gasteiger partial charge in [-0.1, -0.05) is 11.6 Å². The molecule has 0 bridgehead atoms. The number of nitrogens with zero attached hydrogens (tertiary/aromatic N) is 2. The molecule has 4 nitrogen and oxygen atoms in total. The van der Waals surface area contributed by atoms with Crippen LogP contribution in [0.5, 0.6) is 0 Å². The molecule has 1 heterocycles. The van der Waals surface area contributed by atoms with Gasteiger partial charge in [0.05, 0.1) is 22.3 Å². The number of carbonyl (C=O) groups excluding carboxylic acids is 1. The first-order chi connectivity index (χ1) is 8.11. The number of anilines is 1. The predicted molar refractivity (Wildman–Crippen MR) is 65.8 cm³/mol. The topological polar surface area (TPSA) is 56.1 Å². The Hall–Kier alpha value is -1.73. The summed E-state index contributed by atoms with van der Waals surface area (Å²) in [6, 6.07) is 6.80. The minimum Gasteiger partial charge on any atom is -0.372 e. The number of hydrogen-bond donors (Lipinski definition) is 1. The highest BCUT2D eigenvalue weighted by Crippen LogP contribution is 2.25. The summed E-state index contributed by atoms with van der Waals surface area (Å²) in [6.45, 7) is 0.754. The zero-order chi connectivity index (χ0) is 12.4. The van der Waals surface area contributed by atoms with Gasteiger partial charge in [0, 0.05) is 13.6 Å². The molecule has 1 aromatic rings. The van der Waals surface area contributed by atoms with Crippen LogP contribution in [0.2, 0.25) is 5.02 Å². The van der Waals surface area contributed by atoms with E-state index in [2.05, 4.69) is 5.32 Å². The number of carbonyl (C=O) groups is 1. The molecule has 1 saturated heterocycles. The van der Waals surface area contributed by atoms with Crippen LogP contribution in [0.4, 0.5) is 5.69 Å². The summed E-state index contributed by atoms with van der Waals surface area (Å²) in [6.07, 6.45) is 0.770. The molecule has 17 heavy (non-hydrogen) atoms. The summed E-state index contributed by atoms with van der Waals surface area (Å²) >= 11 is 6.03. The average Bonchev–Trinajstić information content (AvgIpc) is 2.63. The zero-order valence-corrected chi connectivity index (χ0v) is 10.2. The number of nitrogens with one attached hydrogen (secondary N) is 1. The lowest BCUT2D eigenvalue weighted by Crippen LogP contribution is -2.31. The summed E-state index contributed by atoms with van der Waals surface area (Å²) in [7, 11) is 1.78. The molecule has 1 aliphatic rings. The van der Waals surface area contributed by atoms with E-state index < -0.39 is 0 Å². The fourth-order valence-electron chi connectivity index (χ4n) is 1.85. The fraction of sp³-hybridized carbons (Fsp3) is 0.333. The van der Waals surface area contributed by atoms with Crippen LogP contribution in [0.15, 0.2) is 18.2 Å². The number of nitriles is 1. The highest BCUT2D eigenvalue weighted by atomic mass is 35.5. The lowest BCUT2D eigenvalue weighted by Gasteiger charge is -2.14. The second-order valence-corrected chi connectivity index (χ2v) is 4.46. The maximum Gasteiger partial charge on any atom is 0.244 e. The SMILES string of the molecule is CN1CCC(Nc2ccc(C#N)cc2Cl)C1=O. The molecule has 0 radical (unpaired) electrons. The molecule has 88 valence electrons. The molecule has 1 fully saturated rings. The van der Waals surface area contributed by atoms with Gasteiger partial charge in [-0.15, -0.1) is 0 Å². The van der Waals surface area contributed by atoms with Crippen molar-refractivity contribution < 1.29 is 4.79 Å². The van der Waals surface area contributed by atoms with Gasteiger partial charge in [-0.3, -0.25) is 4.79 Å². The Morgan fingerprint density at radius 1 is 1.59 bits per heavy atom. The van der Waals surface area contributed by atoms with Gasteiger partial charge in [0.1, 0.15) is 6.04 Å². The van der Waals surface area contributed by atoms with Crippen LogP contribution in [0, 0.1) is 11.3 Å². The van der Waals surface area contributed by atoms with Crippen molar-refractivity contribution in [2.24, 2.45) is 0 Å². The molecule has 1 unspecified atom stereocenters. The lowest BCUT2D eigenvalue weighted by atomic mass is 10.2. The quantitative estimate of drug-likeness (QED) is 0.870. The van der Waals surface area contributed by atoms with Gasteiger partial charge in [-0.25, -0.2) is 0 Å². The van der Waals surface area contributed by atoms with Crippen molar-refractivity contribution >= 4 is 23.2 Å². The number of halogens is 1. The molecule has 1 aromatic carbocycles. The third-order valence-corrected chi connectivity index (χ3v) is 3.17. The van der Waals surface area contributed by atoms with Crippen LogP contribution in [0.25, 0.3) is 0 Å². The van der Waals surface area contributed by atoms with Crippen molar-refractivity contribution in [3.63, 3.8) is 0 Å². The monoisotopic (exact) mass is 249 g/mol. The smallest absolute Gasteiger partial charge is 0.244 e. The van der Waals surface area contributed by atoms with E-state index in [-0.39, 0.29) is 11.9 Å². The summed E-state index contributed by atoms with van der Waals surface area (Å²) in [4.78, 5) is 13.4. The Labute approximate surface area is 105 Å². The highest BCUT2D eigenvalue weighted by molar-refractivity contribution is 6.33. The van der Waals surface area contributed by atoms with E-state index in [1.807, 2.05) is 6.07 Å². The van der Waals surface area contributed by atoms with E-state index in [1.54, 1.807) is 30.1 Å². The van der Waals surface area contributed by atoms with Gasteiger partial charge in [-0.2, -0.15) is 5.26 Å². The van der Waals surface area contributed by atoms with Crippen LogP contribution in [0.3, 0.4) is 0 Å². The average molecular weight is 250 g/mol. The molecule has 1 N–H and O–H groups in total. The van der Waals surface area contributed by atoms with Crippen molar-refractivity contribution in [1.29, 1.82) is 5.26 Å². The van der Waals surface area contributed by atoms with Crippen LogP contribution < -0.4 is 5.32 Å². The van der Waals surface area contributed by atoms with Gasteiger partial charge in [0.15, 0.2) is 0 Å². The van der Waals surface area contributed by atoms with Crippen molar-refractivity contribution in [3.8, 4) is 6.07 Å². The van der Waals surface area contributed by atoms with Crippen LogP contribution in [-0.2, 0) is 4.79 Å². The first-order valence-electron chi connectivity index (χ1n) is 5.33. The van der Waals surface area contributed by atoms with Crippen molar-refractivity contribution in [1.82, 2.24) is 4.90 Å². The number of likely N-dealkylation sites (tertiary alicyclic amines) is 1. The minimum absolute atomic E-state index is 0.0745.